The van der Waals surface area contributed by atoms with Crippen LogP contribution in [0.5, 0.6) is 0 Å². The van der Waals surface area contributed by atoms with Crippen LogP contribution >= 0.6 is 0 Å². The molecule has 0 aliphatic carbocycles. The predicted octanol–water partition coefficient (Wildman–Crippen LogP) is 2.27. The monoisotopic (exact) mass is 303 g/mol. The third-order valence-corrected chi connectivity index (χ3v) is 4.47. The van der Waals surface area contributed by atoms with Crippen molar-refractivity contribution in [1.29, 1.82) is 0 Å². The van der Waals surface area contributed by atoms with Crippen molar-refractivity contribution in [2.45, 2.75) is 45.7 Å². The van der Waals surface area contributed by atoms with E-state index in [2.05, 4.69) is 28.4 Å². The average molecular weight is 303 g/mol. The lowest BCUT2D eigenvalue weighted by molar-refractivity contribution is -0.124. The van der Waals surface area contributed by atoms with Gasteiger partial charge in [-0.05, 0) is 37.1 Å². The zero-order valence-corrected chi connectivity index (χ0v) is 13.7. The predicted molar refractivity (Wildman–Crippen MR) is 90.3 cm³/mol. The van der Waals surface area contributed by atoms with Crippen LogP contribution in [0.4, 0.5) is 0 Å². The first-order chi connectivity index (χ1) is 10.7. The van der Waals surface area contributed by atoms with Gasteiger partial charge in [0.2, 0.25) is 5.91 Å². The Morgan fingerprint density at radius 2 is 1.82 bits per heavy atom. The Bertz CT molecular complexity index is 467. The highest BCUT2D eigenvalue weighted by Gasteiger charge is 2.13. The average Bonchev–Trinajstić information content (AvgIpc) is 2.81. The molecule has 2 rings (SSSR count). The summed E-state index contributed by atoms with van der Waals surface area (Å²) in [6.07, 6.45) is 5.30. The number of hydrogen-bond donors (Lipinski definition) is 2. The van der Waals surface area contributed by atoms with Gasteiger partial charge in [0.05, 0.1) is 0 Å². The molecule has 0 bridgehead atoms. The number of likely N-dealkylation sites (tertiary alicyclic amines) is 1. The van der Waals surface area contributed by atoms with E-state index in [4.69, 9.17) is 5.73 Å². The molecule has 4 nitrogen and oxygen atoms in total. The van der Waals surface area contributed by atoms with Crippen LogP contribution in [0.1, 0.15) is 43.7 Å². The fraction of sp³-hybridized carbons (Fsp3) is 0.611. The molecule has 0 spiro atoms. The summed E-state index contributed by atoms with van der Waals surface area (Å²) < 4.78 is 0. The molecule has 1 heterocycles. The van der Waals surface area contributed by atoms with Crippen molar-refractivity contribution in [3.8, 4) is 0 Å². The molecule has 0 saturated carbocycles. The number of hydrogen-bond acceptors (Lipinski definition) is 3. The van der Waals surface area contributed by atoms with E-state index < -0.39 is 0 Å². The smallest absolute Gasteiger partial charge is 0.224 e. The molecular formula is C18H29N3O. The number of benzene rings is 1. The number of nitrogens with one attached hydrogen (secondary N) is 1. The summed E-state index contributed by atoms with van der Waals surface area (Å²) in [7, 11) is 0. The highest BCUT2D eigenvalue weighted by atomic mass is 16.1. The van der Waals surface area contributed by atoms with Crippen LogP contribution in [0.3, 0.4) is 0 Å². The molecule has 1 saturated heterocycles. The maximum absolute atomic E-state index is 11.9. The minimum Gasteiger partial charge on any atom is -0.352 e. The van der Waals surface area contributed by atoms with Gasteiger partial charge in [-0.3, -0.25) is 9.69 Å². The Balaban J connectivity index is 1.95. The van der Waals surface area contributed by atoms with Crippen LogP contribution < -0.4 is 11.1 Å². The largest absolute Gasteiger partial charge is 0.352 e. The second kappa shape index (κ2) is 8.91. The van der Waals surface area contributed by atoms with Crippen LogP contribution in [0.2, 0.25) is 0 Å². The second-order valence-electron chi connectivity index (χ2n) is 6.31. The minimum absolute atomic E-state index is 0.0343. The second-order valence-corrected chi connectivity index (χ2v) is 6.31. The first kappa shape index (κ1) is 17.0. The standard InChI is InChI=1S/C18H29N3O/c1-15(12-19)18(22)20-13-16-8-4-5-9-17(16)14-21-10-6-2-3-7-11-21/h4-5,8-9,15H,2-3,6-7,10-14,19H2,1H3,(H,20,22). The zero-order valence-electron chi connectivity index (χ0n) is 13.7. The summed E-state index contributed by atoms with van der Waals surface area (Å²) >= 11 is 0. The first-order valence-corrected chi connectivity index (χ1v) is 8.47. The number of rotatable bonds is 6. The van der Waals surface area contributed by atoms with Crippen molar-refractivity contribution < 1.29 is 4.79 Å². The third-order valence-electron chi connectivity index (χ3n) is 4.47. The van der Waals surface area contributed by atoms with E-state index in [1.165, 1.54) is 49.9 Å². The van der Waals surface area contributed by atoms with Crippen LogP contribution in [-0.4, -0.2) is 30.4 Å². The summed E-state index contributed by atoms with van der Waals surface area (Å²) in [6.45, 7) is 6.20. The van der Waals surface area contributed by atoms with Gasteiger partial charge < -0.3 is 11.1 Å². The van der Waals surface area contributed by atoms with Gasteiger partial charge in [-0.25, -0.2) is 0 Å². The molecule has 1 aromatic carbocycles. The van der Waals surface area contributed by atoms with Crippen molar-refractivity contribution in [1.82, 2.24) is 10.2 Å². The minimum atomic E-state index is -0.127. The van der Waals surface area contributed by atoms with Crippen molar-refractivity contribution in [3.05, 3.63) is 35.4 Å². The normalized spacial score (nSPS) is 17.7. The number of carbonyl (C=O) groups is 1. The molecule has 1 amide bonds. The fourth-order valence-electron chi connectivity index (χ4n) is 2.88. The zero-order chi connectivity index (χ0) is 15.8. The van der Waals surface area contributed by atoms with Gasteiger partial charge in [0.1, 0.15) is 0 Å². The number of nitrogens with two attached hydrogens (primary N) is 1. The van der Waals surface area contributed by atoms with E-state index in [-0.39, 0.29) is 11.8 Å². The first-order valence-electron chi connectivity index (χ1n) is 8.47. The molecule has 0 aromatic heterocycles. The lowest BCUT2D eigenvalue weighted by Gasteiger charge is -2.22. The van der Waals surface area contributed by atoms with Crippen LogP contribution in [0.15, 0.2) is 24.3 Å². The molecule has 122 valence electrons. The van der Waals surface area contributed by atoms with Crippen LogP contribution in [0.25, 0.3) is 0 Å². The van der Waals surface area contributed by atoms with Gasteiger partial charge in [-0.2, -0.15) is 0 Å². The SMILES string of the molecule is CC(CN)C(=O)NCc1ccccc1CN1CCCCCC1. The van der Waals surface area contributed by atoms with Crippen molar-refractivity contribution >= 4 is 5.91 Å². The van der Waals surface area contributed by atoms with E-state index in [1.807, 2.05) is 13.0 Å². The molecule has 22 heavy (non-hydrogen) atoms. The maximum atomic E-state index is 11.9. The molecule has 0 radical (unpaired) electrons. The number of amides is 1. The number of carbonyl (C=O) groups excluding carboxylic acids is 1. The van der Waals surface area contributed by atoms with E-state index in [1.54, 1.807) is 0 Å². The lowest BCUT2D eigenvalue weighted by atomic mass is 10.1. The quantitative estimate of drug-likeness (QED) is 0.847. The van der Waals surface area contributed by atoms with Crippen molar-refractivity contribution in [2.24, 2.45) is 11.7 Å². The Morgan fingerprint density at radius 3 is 2.45 bits per heavy atom. The van der Waals surface area contributed by atoms with Gasteiger partial charge in [0.25, 0.3) is 0 Å². The third kappa shape index (κ3) is 5.11. The van der Waals surface area contributed by atoms with E-state index >= 15 is 0 Å². The molecule has 3 N–H and O–H groups in total. The molecule has 1 unspecified atom stereocenters. The summed E-state index contributed by atoms with van der Waals surface area (Å²) in [4.78, 5) is 14.4. The van der Waals surface area contributed by atoms with E-state index in [9.17, 15) is 4.79 Å². The summed E-state index contributed by atoms with van der Waals surface area (Å²) in [6, 6.07) is 8.42. The van der Waals surface area contributed by atoms with Gasteiger partial charge in [-0.15, -0.1) is 0 Å². The maximum Gasteiger partial charge on any atom is 0.224 e. The van der Waals surface area contributed by atoms with Crippen molar-refractivity contribution in [2.75, 3.05) is 19.6 Å². The molecule has 1 fully saturated rings. The van der Waals surface area contributed by atoms with Crippen molar-refractivity contribution in [3.63, 3.8) is 0 Å². The molecule has 1 aliphatic heterocycles. The highest BCUT2D eigenvalue weighted by Crippen LogP contribution is 2.16. The Labute approximate surface area is 134 Å². The lowest BCUT2D eigenvalue weighted by Crippen LogP contribution is -2.33. The molecule has 4 heteroatoms. The van der Waals surface area contributed by atoms with Crippen LogP contribution in [0, 0.1) is 5.92 Å². The van der Waals surface area contributed by atoms with Gasteiger partial charge in [0.15, 0.2) is 0 Å². The van der Waals surface area contributed by atoms with Gasteiger partial charge in [0, 0.05) is 25.6 Å². The topological polar surface area (TPSA) is 58.4 Å². The summed E-state index contributed by atoms with van der Waals surface area (Å²) in [5, 5.41) is 3.00. The summed E-state index contributed by atoms with van der Waals surface area (Å²) in [5.41, 5.74) is 8.08. The van der Waals surface area contributed by atoms with Gasteiger partial charge >= 0.3 is 0 Å². The molecule has 1 aromatic rings. The highest BCUT2D eigenvalue weighted by molar-refractivity contribution is 5.78. The van der Waals surface area contributed by atoms with Crippen LogP contribution in [-0.2, 0) is 17.9 Å². The molecule has 1 aliphatic rings. The van der Waals surface area contributed by atoms with E-state index in [0.717, 1.165) is 6.54 Å². The van der Waals surface area contributed by atoms with Gasteiger partial charge in [-0.1, -0.05) is 44.0 Å². The summed E-state index contributed by atoms with van der Waals surface area (Å²) in [5.74, 6) is -0.0927. The Hall–Kier alpha value is -1.39. The number of nitrogens with zero attached hydrogens (tertiary/aromatic N) is 1. The Morgan fingerprint density at radius 1 is 1.18 bits per heavy atom. The molecule has 1 atom stereocenters. The van der Waals surface area contributed by atoms with E-state index in [0.29, 0.717) is 13.1 Å². The Kier molecular flexibility index (Phi) is 6.87. The molecular weight excluding hydrogens is 274 g/mol. The fourth-order valence-corrected chi connectivity index (χ4v) is 2.88.